The van der Waals surface area contributed by atoms with Gasteiger partial charge in [-0.3, -0.25) is 4.79 Å². The van der Waals surface area contributed by atoms with Gasteiger partial charge in [0.15, 0.2) is 5.75 Å². The predicted molar refractivity (Wildman–Crippen MR) is 79.8 cm³/mol. The molecule has 102 valence electrons. The molecular weight excluding hydrogens is 322 g/mol. The minimum atomic E-state index is -0.490. The van der Waals surface area contributed by atoms with Crippen molar-refractivity contribution in [2.45, 2.75) is 6.92 Å². The summed E-state index contributed by atoms with van der Waals surface area (Å²) in [5.41, 5.74) is 0.880. The SMILES string of the molecule is CC(=O)Nc1ccccc1OC(=O)c1ccccc1Br. The molecule has 0 aliphatic carbocycles. The molecule has 0 aromatic heterocycles. The third kappa shape index (κ3) is 3.45. The van der Waals surface area contributed by atoms with Crippen LogP contribution in [0.4, 0.5) is 5.69 Å². The van der Waals surface area contributed by atoms with Crippen LogP contribution in [0.3, 0.4) is 0 Å². The second kappa shape index (κ2) is 6.34. The van der Waals surface area contributed by atoms with Crippen LogP contribution < -0.4 is 10.1 Å². The Kier molecular flexibility index (Phi) is 4.53. The molecule has 0 saturated heterocycles. The van der Waals surface area contributed by atoms with Gasteiger partial charge in [0, 0.05) is 11.4 Å². The van der Waals surface area contributed by atoms with Crippen LogP contribution in [0.2, 0.25) is 0 Å². The monoisotopic (exact) mass is 333 g/mol. The predicted octanol–water partition coefficient (Wildman–Crippen LogP) is 3.63. The molecule has 2 aromatic rings. The highest BCUT2D eigenvalue weighted by atomic mass is 79.9. The van der Waals surface area contributed by atoms with E-state index in [4.69, 9.17) is 4.74 Å². The van der Waals surface area contributed by atoms with E-state index in [-0.39, 0.29) is 5.91 Å². The van der Waals surface area contributed by atoms with Crippen molar-refractivity contribution in [3.63, 3.8) is 0 Å². The van der Waals surface area contributed by atoms with Gasteiger partial charge in [-0.05, 0) is 40.2 Å². The van der Waals surface area contributed by atoms with E-state index in [9.17, 15) is 9.59 Å². The molecule has 0 aliphatic heterocycles. The average Bonchev–Trinajstić information content (AvgIpc) is 2.41. The molecule has 0 spiro atoms. The number of hydrogen-bond donors (Lipinski definition) is 1. The molecule has 0 unspecified atom stereocenters. The molecule has 0 heterocycles. The van der Waals surface area contributed by atoms with Gasteiger partial charge >= 0.3 is 5.97 Å². The van der Waals surface area contributed by atoms with Crippen LogP contribution in [0.25, 0.3) is 0 Å². The van der Waals surface area contributed by atoms with E-state index in [0.717, 1.165) is 0 Å². The van der Waals surface area contributed by atoms with Gasteiger partial charge in [0.25, 0.3) is 0 Å². The lowest BCUT2D eigenvalue weighted by Crippen LogP contribution is -2.12. The van der Waals surface area contributed by atoms with Gasteiger partial charge in [-0.25, -0.2) is 4.79 Å². The van der Waals surface area contributed by atoms with Crippen molar-refractivity contribution in [3.05, 3.63) is 58.6 Å². The number of carbonyl (C=O) groups excluding carboxylic acids is 2. The molecule has 0 saturated carbocycles. The zero-order chi connectivity index (χ0) is 14.5. The minimum absolute atomic E-state index is 0.227. The van der Waals surface area contributed by atoms with E-state index in [1.807, 2.05) is 6.07 Å². The van der Waals surface area contributed by atoms with Crippen LogP contribution in [0.15, 0.2) is 53.0 Å². The molecule has 0 aliphatic rings. The summed E-state index contributed by atoms with van der Waals surface area (Å²) in [6.45, 7) is 1.40. The first kappa shape index (κ1) is 14.3. The Bertz CT molecular complexity index is 655. The van der Waals surface area contributed by atoms with Crippen molar-refractivity contribution >= 4 is 33.5 Å². The molecule has 0 radical (unpaired) electrons. The van der Waals surface area contributed by atoms with E-state index >= 15 is 0 Å². The summed E-state index contributed by atoms with van der Waals surface area (Å²) in [6.07, 6.45) is 0. The van der Waals surface area contributed by atoms with Crippen LogP contribution in [-0.2, 0) is 4.79 Å². The first-order valence-corrected chi connectivity index (χ1v) is 6.70. The fourth-order valence-corrected chi connectivity index (χ4v) is 2.08. The maximum atomic E-state index is 12.1. The number of ether oxygens (including phenoxy) is 1. The molecule has 2 rings (SSSR count). The summed E-state index contributed by atoms with van der Waals surface area (Å²) in [4.78, 5) is 23.2. The lowest BCUT2D eigenvalue weighted by Gasteiger charge is -2.10. The number of para-hydroxylation sites is 2. The fraction of sp³-hybridized carbons (Fsp3) is 0.0667. The molecule has 1 N–H and O–H groups in total. The molecule has 0 fully saturated rings. The van der Waals surface area contributed by atoms with Crippen molar-refractivity contribution in [3.8, 4) is 5.75 Å². The zero-order valence-corrected chi connectivity index (χ0v) is 12.3. The van der Waals surface area contributed by atoms with Gasteiger partial charge in [0.2, 0.25) is 5.91 Å². The summed E-state index contributed by atoms with van der Waals surface area (Å²) >= 11 is 3.30. The molecule has 1 amide bonds. The van der Waals surface area contributed by atoms with E-state index in [1.165, 1.54) is 6.92 Å². The Morgan fingerprint density at radius 1 is 1.05 bits per heavy atom. The summed E-state index contributed by atoms with van der Waals surface area (Å²) in [5, 5.41) is 2.62. The third-order valence-corrected chi connectivity index (χ3v) is 3.19. The van der Waals surface area contributed by atoms with E-state index in [2.05, 4.69) is 21.2 Å². The van der Waals surface area contributed by atoms with E-state index in [0.29, 0.717) is 21.5 Å². The highest BCUT2D eigenvalue weighted by molar-refractivity contribution is 9.10. The molecule has 0 bridgehead atoms. The summed E-state index contributed by atoms with van der Waals surface area (Å²) in [5.74, 6) is -0.409. The van der Waals surface area contributed by atoms with Crippen molar-refractivity contribution < 1.29 is 14.3 Å². The van der Waals surface area contributed by atoms with Crippen molar-refractivity contribution in [2.24, 2.45) is 0 Å². The Hall–Kier alpha value is -2.14. The highest BCUT2D eigenvalue weighted by Crippen LogP contribution is 2.26. The average molecular weight is 334 g/mol. The number of amides is 1. The van der Waals surface area contributed by atoms with Crippen molar-refractivity contribution in [1.29, 1.82) is 0 Å². The third-order valence-electron chi connectivity index (χ3n) is 2.49. The number of anilines is 1. The van der Waals surface area contributed by atoms with E-state index < -0.39 is 5.97 Å². The van der Waals surface area contributed by atoms with Gasteiger partial charge in [0.1, 0.15) is 0 Å². The molecule has 20 heavy (non-hydrogen) atoms. The van der Waals surface area contributed by atoms with Crippen LogP contribution in [0.1, 0.15) is 17.3 Å². The highest BCUT2D eigenvalue weighted by Gasteiger charge is 2.14. The second-order valence-electron chi connectivity index (χ2n) is 4.05. The quantitative estimate of drug-likeness (QED) is 0.689. The van der Waals surface area contributed by atoms with Crippen LogP contribution >= 0.6 is 15.9 Å². The minimum Gasteiger partial charge on any atom is -0.421 e. The summed E-state index contributed by atoms with van der Waals surface area (Å²) < 4.78 is 5.98. The van der Waals surface area contributed by atoms with Gasteiger partial charge < -0.3 is 10.1 Å². The Morgan fingerprint density at radius 2 is 1.70 bits per heavy atom. The number of esters is 1. The van der Waals surface area contributed by atoms with Gasteiger partial charge in [0.05, 0.1) is 11.3 Å². The molecule has 2 aromatic carbocycles. The van der Waals surface area contributed by atoms with Gasteiger partial charge in [-0.15, -0.1) is 0 Å². The lowest BCUT2D eigenvalue weighted by molar-refractivity contribution is -0.114. The number of carbonyl (C=O) groups is 2. The Balaban J connectivity index is 2.24. The Morgan fingerprint density at radius 3 is 2.40 bits per heavy atom. The lowest BCUT2D eigenvalue weighted by atomic mass is 10.2. The first-order chi connectivity index (χ1) is 9.58. The molecule has 5 heteroatoms. The van der Waals surface area contributed by atoms with E-state index in [1.54, 1.807) is 42.5 Å². The first-order valence-electron chi connectivity index (χ1n) is 5.91. The zero-order valence-electron chi connectivity index (χ0n) is 10.7. The van der Waals surface area contributed by atoms with Gasteiger partial charge in [-0.2, -0.15) is 0 Å². The normalized spacial score (nSPS) is 9.90. The molecule has 4 nitrogen and oxygen atoms in total. The largest absolute Gasteiger partial charge is 0.421 e. The second-order valence-corrected chi connectivity index (χ2v) is 4.90. The number of rotatable bonds is 3. The summed E-state index contributed by atoms with van der Waals surface area (Å²) in [6, 6.07) is 13.8. The summed E-state index contributed by atoms with van der Waals surface area (Å²) in [7, 11) is 0. The smallest absolute Gasteiger partial charge is 0.344 e. The van der Waals surface area contributed by atoms with Crippen LogP contribution in [-0.4, -0.2) is 11.9 Å². The van der Waals surface area contributed by atoms with Crippen LogP contribution in [0, 0.1) is 0 Å². The fourth-order valence-electron chi connectivity index (χ4n) is 1.63. The molecule has 0 atom stereocenters. The number of hydrogen-bond acceptors (Lipinski definition) is 3. The number of nitrogens with one attached hydrogen (secondary N) is 1. The Labute approximate surface area is 124 Å². The maximum absolute atomic E-state index is 12.1. The topological polar surface area (TPSA) is 55.4 Å². The van der Waals surface area contributed by atoms with Crippen LogP contribution in [0.5, 0.6) is 5.75 Å². The number of halogens is 1. The van der Waals surface area contributed by atoms with Crippen molar-refractivity contribution in [2.75, 3.05) is 5.32 Å². The molecular formula is C15H12BrNO3. The van der Waals surface area contributed by atoms with Gasteiger partial charge in [-0.1, -0.05) is 24.3 Å². The maximum Gasteiger partial charge on any atom is 0.344 e. The standard InChI is InChI=1S/C15H12BrNO3/c1-10(18)17-13-8-4-5-9-14(13)20-15(19)11-6-2-3-7-12(11)16/h2-9H,1H3,(H,17,18). The number of benzene rings is 2. The van der Waals surface area contributed by atoms with Crippen molar-refractivity contribution in [1.82, 2.24) is 0 Å².